The number of hydrogen-bond donors (Lipinski definition) is 2. The second-order valence-electron chi connectivity index (χ2n) is 3.79. The molecule has 1 aliphatic rings. The van der Waals surface area contributed by atoms with Gasteiger partial charge in [0.2, 0.25) is 0 Å². The maximum absolute atomic E-state index is 9.14. The Kier molecular flexibility index (Phi) is 5.40. The molecule has 1 heterocycles. The topological polar surface area (TPSA) is 58.7 Å². The number of ether oxygens (including phenoxy) is 1. The number of aliphatic hydroxyl groups is 1. The Hall–Kier alpha value is -0.160. The fourth-order valence-electron chi connectivity index (χ4n) is 1.93. The van der Waals surface area contributed by atoms with Gasteiger partial charge in [0.25, 0.3) is 0 Å². The highest BCUT2D eigenvalue weighted by Gasteiger charge is 2.22. The highest BCUT2D eigenvalue weighted by molar-refractivity contribution is 4.76. The summed E-state index contributed by atoms with van der Waals surface area (Å²) in [6.45, 7) is 5.44. The van der Waals surface area contributed by atoms with Crippen LogP contribution in [-0.4, -0.2) is 55.0 Å². The van der Waals surface area contributed by atoms with Crippen LogP contribution in [0.4, 0.5) is 0 Å². The summed E-state index contributed by atoms with van der Waals surface area (Å²) >= 11 is 0. The lowest BCUT2D eigenvalue weighted by atomic mass is 10.2. The van der Waals surface area contributed by atoms with E-state index in [2.05, 4.69) is 11.8 Å². The first kappa shape index (κ1) is 11.9. The SMILES string of the molecule is CCN(CC1CCCO1)C(CN)CO. The Bertz CT molecular complexity index is 145. The van der Waals surface area contributed by atoms with Gasteiger partial charge in [0.05, 0.1) is 12.7 Å². The molecule has 0 aromatic heterocycles. The van der Waals surface area contributed by atoms with Crippen LogP contribution in [0.1, 0.15) is 19.8 Å². The summed E-state index contributed by atoms with van der Waals surface area (Å²) in [5.41, 5.74) is 5.59. The predicted octanol–water partition coefficient (Wildman–Crippen LogP) is -0.193. The van der Waals surface area contributed by atoms with Crippen LogP contribution in [0.25, 0.3) is 0 Å². The smallest absolute Gasteiger partial charge is 0.0702 e. The molecule has 0 amide bonds. The van der Waals surface area contributed by atoms with E-state index < -0.39 is 0 Å². The molecule has 0 radical (unpaired) electrons. The summed E-state index contributed by atoms with van der Waals surface area (Å²) in [5, 5.41) is 9.14. The van der Waals surface area contributed by atoms with Crippen molar-refractivity contribution in [2.45, 2.75) is 31.9 Å². The largest absolute Gasteiger partial charge is 0.395 e. The summed E-state index contributed by atoms with van der Waals surface area (Å²) in [5.74, 6) is 0. The maximum atomic E-state index is 9.14. The molecule has 4 nitrogen and oxygen atoms in total. The van der Waals surface area contributed by atoms with Gasteiger partial charge in [-0.25, -0.2) is 0 Å². The van der Waals surface area contributed by atoms with Crippen molar-refractivity contribution in [3.05, 3.63) is 0 Å². The second kappa shape index (κ2) is 6.35. The third kappa shape index (κ3) is 3.20. The zero-order valence-corrected chi connectivity index (χ0v) is 8.98. The minimum absolute atomic E-state index is 0.0872. The molecule has 2 unspecified atom stereocenters. The summed E-state index contributed by atoms with van der Waals surface area (Å²) in [6, 6.07) is 0.0872. The monoisotopic (exact) mass is 202 g/mol. The summed E-state index contributed by atoms with van der Waals surface area (Å²) in [4.78, 5) is 2.20. The first-order valence-corrected chi connectivity index (χ1v) is 5.48. The molecule has 0 bridgehead atoms. The van der Waals surface area contributed by atoms with Crippen molar-refractivity contribution in [2.24, 2.45) is 5.73 Å². The molecule has 0 spiro atoms. The van der Waals surface area contributed by atoms with E-state index in [4.69, 9.17) is 15.6 Å². The Morgan fingerprint density at radius 1 is 1.64 bits per heavy atom. The highest BCUT2D eigenvalue weighted by Crippen LogP contribution is 2.14. The lowest BCUT2D eigenvalue weighted by molar-refractivity contribution is 0.0468. The summed E-state index contributed by atoms with van der Waals surface area (Å²) < 4.78 is 5.56. The highest BCUT2D eigenvalue weighted by atomic mass is 16.5. The Morgan fingerprint density at radius 3 is 2.86 bits per heavy atom. The normalized spacial score (nSPS) is 24.4. The van der Waals surface area contributed by atoms with Crippen molar-refractivity contribution >= 4 is 0 Å². The van der Waals surface area contributed by atoms with E-state index in [1.807, 2.05) is 0 Å². The third-order valence-corrected chi connectivity index (χ3v) is 2.87. The molecule has 0 aromatic rings. The summed E-state index contributed by atoms with van der Waals surface area (Å²) in [7, 11) is 0. The van der Waals surface area contributed by atoms with E-state index in [9.17, 15) is 0 Å². The van der Waals surface area contributed by atoms with E-state index in [1.54, 1.807) is 0 Å². The van der Waals surface area contributed by atoms with Crippen LogP contribution in [0.2, 0.25) is 0 Å². The van der Waals surface area contributed by atoms with Crippen molar-refractivity contribution in [3.63, 3.8) is 0 Å². The van der Waals surface area contributed by atoms with Crippen molar-refractivity contribution in [2.75, 3.05) is 32.8 Å². The average molecular weight is 202 g/mol. The number of hydrogen-bond acceptors (Lipinski definition) is 4. The van der Waals surface area contributed by atoms with Gasteiger partial charge in [-0.05, 0) is 19.4 Å². The lowest BCUT2D eigenvalue weighted by Gasteiger charge is -2.30. The van der Waals surface area contributed by atoms with Gasteiger partial charge in [-0.1, -0.05) is 6.92 Å². The molecule has 1 fully saturated rings. The number of nitrogens with zero attached hydrogens (tertiary/aromatic N) is 1. The number of aliphatic hydroxyl groups excluding tert-OH is 1. The fraction of sp³-hybridized carbons (Fsp3) is 1.00. The van der Waals surface area contributed by atoms with Gasteiger partial charge in [0, 0.05) is 25.7 Å². The quantitative estimate of drug-likeness (QED) is 0.626. The van der Waals surface area contributed by atoms with Crippen LogP contribution < -0.4 is 5.73 Å². The first-order chi connectivity index (χ1) is 6.81. The molecule has 1 saturated heterocycles. The Balaban J connectivity index is 2.35. The van der Waals surface area contributed by atoms with Gasteiger partial charge in [0.15, 0.2) is 0 Å². The fourth-order valence-corrected chi connectivity index (χ4v) is 1.93. The standard InChI is InChI=1S/C10H22N2O2/c1-2-12(9(6-11)8-13)7-10-4-3-5-14-10/h9-10,13H,2-8,11H2,1H3. The zero-order valence-electron chi connectivity index (χ0n) is 8.98. The third-order valence-electron chi connectivity index (χ3n) is 2.87. The van der Waals surface area contributed by atoms with Crippen LogP contribution in [0.3, 0.4) is 0 Å². The van der Waals surface area contributed by atoms with E-state index in [-0.39, 0.29) is 12.6 Å². The van der Waals surface area contributed by atoms with Crippen molar-refractivity contribution in [1.29, 1.82) is 0 Å². The minimum Gasteiger partial charge on any atom is -0.395 e. The van der Waals surface area contributed by atoms with Gasteiger partial charge < -0.3 is 15.6 Å². The minimum atomic E-state index is 0.0872. The molecule has 14 heavy (non-hydrogen) atoms. The van der Waals surface area contributed by atoms with Gasteiger partial charge in [0.1, 0.15) is 0 Å². The molecule has 1 aliphatic heterocycles. The predicted molar refractivity (Wildman–Crippen MR) is 56.1 cm³/mol. The van der Waals surface area contributed by atoms with Crippen LogP contribution in [0, 0.1) is 0 Å². The maximum Gasteiger partial charge on any atom is 0.0702 e. The molecule has 0 saturated carbocycles. The van der Waals surface area contributed by atoms with Crippen molar-refractivity contribution < 1.29 is 9.84 Å². The average Bonchev–Trinajstić information content (AvgIpc) is 2.70. The van der Waals surface area contributed by atoms with E-state index in [1.165, 1.54) is 0 Å². The molecule has 2 atom stereocenters. The Morgan fingerprint density at radius 2 is 2.43 bits per heavy atom. The molecular weight excluding hydrogens is 180 g/mol. The first-order valence-electron chi connectivity index (χ1n) is 5.48. The molecule has 3 N–H and O–H groups in total. The van der Waals surface area contributed by atoms with Crippen LogP contribution >= 0.6 is 0 Å². The van der Waals surface area contributed by atoms with Crippen LogP contribution in [0.15, 0.2) is 0 Å². The Labute approximate surface area is 86.0 Å². The van der Waals surface area contributed by atoms with Crippen LogP contribution in [0.5, 0.6) is 0 Å². The van der Waals surface area contributed by atoms with E-state index in [0.717, 1.165) is 32.5 Å². The lowest BCUT2D eigenvalue weighted by Crippen LogP contribution is -2.46. The molecule has 1 rings (SSSR count). The second-order valence-corrected chi connectivity index (χ2v) is 3.79. The van der Waals surface area contributed by atoms with Gasteiger partial charge in [-0.2, -0.15) is 0 Å². The number of nitrogens with two attached hydrogens (primary N) is 1. The van der Waals surface area contributed by atoms with Crippen molar-refractivity contribution in [1.82, 2.24) is 4.90 Å². The van der Waals surface area contributed by atoms with Gasteiger partial charge in [-0.15, -0.1) is 0 Å². The van der Waals surface area contributed by atoms with E-state index >= 15 is 0 Å². The van der Waals surface area contributed by atoms with E-state index in [0.29, 0.717) is 12.6 Å². The van der Waals surface area contributed by atoms with Gasteiger partial charge >= 0.3 is 0 Å². The molecule has 4 heteroatoms. The molecule has 0 aliphatic carbocycles. The number of rotatable bonds is 6. The van der Waals surface area contributed by atoms with Crippen LogP contribution in [-0.2, 0) is 4.74 Å². The number of likely N-dealkylation sites (N-methyl/N-ethyl adjacent to an activating group) is 1. The van der Waals surface area contributed by atoms with Crippen molar-refractivity contribution in [3.8, 4) is 0 Å². The molecular formula is C10H22N2O2. The van der Waals surface area contributed by atoms with Gasteiger partial charge in [-0.3, -0.25) is 4.90 Å². The zero-order chi connectivity index (χ0) is 10.4. The summed E-state index contributed by atoms with van der Waals surface area (Å²) in [6.07, 6.45) is 2.64. The molecule has 0 aromatic carbocycles. The molecule has 84 valence electrons.